The van der Waals surface area contributed by atoms with Crippen LogP contribution >= 0.6 is 0 Å². The predicted octanol–water partition coefficient (Wildman–Crippen LogP) is 5.13. The topological polar surface area (TPSA) is 9.23 Å². The van der Waals surface area contributed by atoms with E-state index in [2.05, 4.69) is 74.5 Å². The Bertz CT molecular complexity index is 596. The normalized spacial score (nSPS) is 13.0. The molecule has 2 rings (SSSR count). The zero-order valence-corrected chi connectivity index (χ0v) is 12.7. The van der Waals surface area contributed by atoms with Crippen molar-refractivity contribution in [1.29, 1.82) is 0 Å². The molecule has 1 unspecified atom stereocenters. The summed E-state index contributed by atoms with van der Waals surface area (Å²) in [6.07, 6.45) is 8.43. The van der Waals surface area contributed by atoms with Gasteiger partial charge in [0.1, 0.15) is 0 Å². The molecule has 0 saturated heterocycles. The standard InChI is InChI=1S/C20H22O/c1-17-8-6-11-20(16-17)12-7-15-21-18(2)13-14-19-9-4-3-5-10-19/h3-14,16,18H,15H2,1-2H3/b12-7+,14-13+. The van der Waals surface area contributed by atoms with Crippen LogP contribution in [0, 0.1) is 6.92 Å². The lowest BCUT2D eigenvalue weighted by molar-refractivity contribution is 0.124. The van der Waals surface area contributed by atoms with Crippen molar-refractivity contribution in [2.75, 3.05) is 6.61 Å². The summed E-state index contributed by atoms with van der Waals surface area (Å²) >= 11 is 0. The number of aryl methyl sites for hydroxylation is 1. The predicted molar refractivity (Wildman–Crippen MR) is 91.1 cm³/mol. The largest absolute Gasteiger partial charge is 0.370 e. The summed E-state index contributed by atoms with van der Waals surface area (Å²) in [4.78, 5) is 0. The lowest BCUT2D eigenvalue weighted by atomic mass is 10.1. The van der Waals surface area contributed by atoms with Gasteiger partial charge in [-0.2, -0.15) is 0 Å². The first-order valence-electron chi connectivity index (χ1n) is 7.32. The first kappa shape index (κ1) is 15.3. The van der Waals surface area contributed by atoms with Gasteiger partial charge in [-0.1, -0.05) is 84.5 Å². The fourth-order valence-electron chi connectivity index (χ4n) is 2.03. The van der Waals surface area contributed by atoms with Gasteiger partial charge in [-0.3, -0.25) is 0 Å². The lowest BCUT2D eigenvalue weighted by Gasteiger charge is -2.06. The first-order valence-corrected chi connectivity index (χ1v) is 7.32. The van der Waals surface area contributed by atoms with E-state index in [0.29, 0.717) is 6.61 Å². The van der Waals surface area contributed by atoms with E-state index < -0.39 is 0 Å². The van der Waals surface area contributed by atoms with E-state index in [4.69, 9.17) is 4.74 Å². The molecule has 0 fully saturated rings. The van der Waals surface area contributed by atoms with Crippen molar-refractivity contribution in [2.45, 2.75) is 20.0 Å². The molecule has 0 amide bonds. The van der Waals surface area contributed by atoms with E-state index in [1.54, 1.807) is 0 Å². The van der Waals surface area contributed by atoms with E-state index in [-0.39, 0.29) is 6.10 Å². The summed E-state index contributed by atoms with van der Waals surface area (Å²) in [5.74, 6) is 0. The molecule has 2 aromatic rings. The highest BCUT2D eigenvalue weighted by molar-refractivity contribution is 5.50. The summed E-state index contributed by atoms with van der Waals surface area (Å²) in [6, 6.07) is 18.7. The summed E-state index contributed by atoms with van der Waals surface area (Å²) in [7, 11) is 0. The second kappa shape index (κ2) is 8.23. The minimum atomic E-state index is 0.104. The van der Waals surface area contributed by atoms with Gasteiger partial charge in [-0.15, -0.1) is 0 Å². The average molecular weight is 278 g/mol. The summed E-state index contributed by atoms with van der Waals surface area (Å²) in [5.41, 5.74) is 3.69. The number of rotatable bonds is 6. The molecule has 0 saturated carbocycles. The highest BCUT2D eigenvalue weighted by Crippen LogP contribution is 2.07. The van der Waals surface area contributed by atoms with Crippen LogP contribution in [0.1, 0.15) is 23.6 Å². The molecule has 2 aromatic carbocycles. The first-order chi connectivity index (χ1) is 10.2. The van der Waals surface area contributed by atoms with Crippen LogP contribution in [0.4, 0.5) is 0 Å². The van der Waals surface area contributed by atoms with E-state index >= 15 is 0 Å². The van der Waals surface area contributed by atoms with Gasteiger partial charge in [0.2, 0.25) is 0 Å². The highest BCUT2D eigenvalue weighted by Gasteiger charge is 1.94. The third kappa shape index (κ3) is 5.80. The summed E-state index contributed by atoms with van der Waals surface area (Å²) < 4.78 is 5.74. The third-order valence-electron chi connectivity index (χ3n) is 3.17. The minimum absolute atomic E-state index is 0.104. The molecule has 0 spiro atoms. The zero-order valence-electron chi connectivity index (χ0n) is 12.7. The second-order valence-corrected chi connectivity index (χ2v) is 5.12. The number of ether oxygens (including phenoxy) is 1. The van der Waals surface area contributed by atoms with Gasteiger partial charge in [0.15, 0.2) is 0 Å². The van der Waals surface area contributed by atoms with Crippen LogP contribution in [-0.2, 0) is 4.74 Å². The summed E-state index contributed by atoms with van der Waals surface area (Å²) in [5, 5.41) is 0. The zero-order chi connectivity index (χ0) is 14.9. The van der Waals surface area contributed by atoms with Crippen LogP contribution in [0.25, 0.3) is 12.2 Å². The third-order valence-corrected chi connectivity index (χ3v) is 3.17. The molecular weight excluding hydrogens is 256 g/mol. The molecule has 0 aliphatic rings. The number of hydrogen-bond donors (Lipinski definition) is 0. The quantitative estimate of drug-likeness (QED) is 0.712. The maximum Gasteiger partial charge on any atom is 0.0735 e. The molecule has 1 nitrogen and oxygen atoms in total. The molecule has 0 radical (unpaired) electrons. The van der Waals surface area contributed by atoms with Gasteiger partial charge in [0.25, 0.3) is 0 Å². The van der Waals surface area contributed by atoms with Gasteiger partial charge < -0.3 is 4.74 Å². The molecule has 0 aliphatic carbocycles. The maximum absolute atomic E-state index is 5.74. The van der Waals surface area contributed by atoms with Crippen LogP contribution in [0.5, 0.6) is 0 Å². The Labute approximate surface area is 127 Å². The van der Waals surface area contributed by atoms with E-state index in [1.165, 1.54) is 16.7 Å². The van der Waals surface area contributed by atoms with E-state index in [9.17, 15) is 0 Å². The van der Waals surface area contributed by atoms with Crippen LogP contribution in [0.3, 0.4) is 0 Å². The Morgan fingerprint density at radius 2 is 1.71 bits per heavy atom. The Morgan fingerprint density at radius 1 is 0.952 bits per heavy atom. The van der Waals surface area contributed by atoms with Crippen molar-refractivity contribution in [3.05, 3.63) is 83.4 Å². The Kier molecular flexibility index (Phi) is 5.99. The van der Waals surface area contributed by atoms with Crippen LogP contribution in [-0.4, -0.2) is 12.7 Å². The second-order valence-electron chi connectivity index (χ2n) is 5.12. The molecule has 1 heteroatoms. The average Bonchev–Trinajstić information content (AvgIpc) is 2.51. The molecule has 0 bridgehead atoms. The van der Waals surface area contributed by atoms with Crippen LogP contribution < -0.4 is 0 Å². The van der Waals surface area contributed by atoms with Crippen LogP contribution in [0.2, 0.25) is 0 Å². The number of benzene rings is 2. The summed E-state index contributed by atoms with van der Waals surface area (Å²) in [6.45, 7) is 4.78. The Balaban J connectivity index is 1.76. The fourth-order valence-corrected chi connectivity index (χ4v) is 2.03. The van der Waals surface area contributed by atoms with Gasteiger partial charge in [0, 0.05) is 0 Å². The van der Waals surface area contributed by atoms with Crippen LogP contribution in [0.15, 0.2) is 66.7 Å². The Hall–Kier alpha value is -2.12. The molecule has 0 aliphatic heterocycles. The van der Waals surface area contributed by atoms with Crippen molar-refractivity contribution in [2.24, 2.45) is 0 Å². The van der Waals surface area contributed by atoms with Crippen molar-refractivity contribution in [1.82, 2.24) is 0 Å². The van der Waals surface area contributed by atoms with E-state index in [0.717, 1.165) is 0 Å². The monoisotopic (exact) mass is 278 g/mol. The Morgan fingerprint density at radius 3 is 2.48 bits per heavy atom. The highest BCUT2D eigenvalue weighted by atomic mass is 16.5. The van der Waals surface area contributed by atoms with E-state index in [1.807, 2.05) is 18.2 Å². The van der Waals surface area contributed by atoms with Crippen molar-refractivity contribution >= 4 is 12.2 Å². The molecule has 0 aromatic heterocycles. The maximum atomic E-state index is 5.74. The van der Waals surface area contributed by atoms with Gasteiger partial charge in [0.05, 0.1) is 12.7 Å². The van der Waals surface area contributed by atoms with Crippen molar-refractivity contribution < 1.29 is 4.74 Å². The van der Waals surface area contributed by atoms with Crippen molar-refractivity contribution in [3.63, 3.8) is 0 Å². The SMILES string of the molecule is Cc1cccc(/C=C/COC(C)/C=C/c2ccccc2)c1. The van der Waals surface area contributed by atoms with Crippen molar-refractivity contribution in [3.8, 4) is 0 Å². The molecule has 21 heavy (non-hydrogen) atoms. The minimum Gasteiger partial charge on any atom is -0.370 e. The molecule has 108 valence electrons. The molecular formula is C20H22O. The van der Waals surface area contributed by atoms with Gasteiger partial charge in [-0.25, -0.2) is 0 Å². The molecule has 0 N–H and O–H groups in total. The van der Waals surface area contributed by atoms with Gasteiger partial charge >= 0.3 is 0 Å². The van der Waals surface area contributed by atoms with Gasteiger partial charge in [-0.05, 0) is 25.0 Å². The molecule has 0 heterocycles. The fraction of sp³-hybridized carbons (Fsp3) is 0.200. The lowest BCUT2D eigenvalue weighted by Crippen LogP contribution is -2.03. The smallest absolute Gasteiger partial charge is 0.0735 e. The number of hydrogen-bond acceptors (Lipinski definition) is 1. The molecule has 1 atom stereocenters.